The smallest absolute Gasteiger partial charge is 0.287 e. The number of benzene rings is 1. The zero-order valence-corrected chi connectivity index (χ0v) is 11.4. The van der Waals surface area contributed by atoms with Crippen molar-refractivity contribution >= 4 is 22.7 Å². The molecule has 0 fully saturated rings. The number of nitrogens with one attached hydrogen (secondary N) is 1. The number of hydrogen-bond donors (Lipinski definition) is 3. The van der Waals surface area contributed by atoms with Crippen LogP contribution in [0.25, 0.3) is 11.0 Å². The number of amidine groups is 1. The molecule has 20 heavy (non-hydrogen) atoms. The molecule has 1 atom stereocenters. The van der Waals surface area contributed by atoms with Gasteiger partial charge in [0.2, 0.25) is 0 Å². The van der Waals surface area contributed by atoms with Gasteiger partial charge in [-0.3, -0.25) is 4.79 Å². The van der Waals surface area contributed by atoms with Crippen LogP contribution in [0.3, 0.4) is 0 Å². The third-order valence-electron chi connectivity index (χ3n) is 3.08. The van der Waals surface area contributed by atoms with E-state index in [0.29, 0.717) is 5.58 Å². The van der Waals surface area contributed by atoms with E-state index in [1.54, 1.807) is 13.0 Å². The van der Waals surface area contributed by atoms with Gasteiger partial charge in [-0.15, -0.1) is 0 Å². The topological polar surface area (TPSA) is 101 Å². The number of oxime groups is 1. The molecule has 0 bridgehead atoms. The highest BCUT2D eigenvalue weighted by Gasteiger charge is 2.14. The van der Waals surface area contributed by atoms with Crippen LogP contribution in [0.4, 0.5) is 0 Å². The number of carbonyl (C=O) groups is 1. The zero-order valence-electron chi connectivity index (χ0n) is 11.4. The Kier molecular flexibility index (Phi) is 3.93. The van der Waals surface area contributed by atoms with Crippen molar-refractivity contribution in [2.75, 3.05) is 6.54 Å². The van der Waals surface area contributed by atoms with Gasteiger partial charge in [-0.2, -0.15) is 0 Å². The fraction of sp³-hybridized carbons (Fsp3) is 0.286. The highest BCUT2D eigenvalue weighted by atomic mass is 16.4. The summed E-state index contributed by atoms with van der Waals surface area (Å²) in [6.45, 7) is 3.99. The lowest BCUT2D eigenvalue weighted by Gasteiger charge is -2.09. The normalized spacial score (nSPS) is 13.4. The summed E-state index contributed by atoms with van der Waals surface area (Å²) in [4.78, 5) is 12.0. The number of amides is 1. The second-order valence-corrected chi connectivity index (χ2v) is 4.79. The number of carbonyl (C=O) groups excluding carboxylic acids is 1. The second-order valence-electron chi connectivity index (χ2n) is 4.79. The molecule has 6 heteroatoms. The first-order chi connectivity index (χ1) is 9.51. The van der Waals surface area contributed by atoms with Crippen molar-refractivity contribution in [2.45, 2.75) is 13.8 Å². The average molecular weight is 275 g/mol. The van der Waals surface area contributed by atoms with Crippen LogP contribution in [0.1, 0.15) is 23.0 Å². The first-order valence-corrected chi connectivity index (χ1v) is 6.27. The number of aryl methyl sites for hydroxylation is 1. The molecule has 2 aromatic rings. The number of fused-ring (bicyclic) bond motifs is 1. The third kappa shape index (κ3) is 2.90. The molecule has 0 spiro atoms. The minimum atomic E-state index is -0.323. The predicted molar refractivity (Wildman–Crippen MR) is 75.9 cm³/mol. The molecule has 0 saturated carbocycles. The highest BCUT2D eigenvalue weighted by molar-refractivity contribution is 5.96. The Balaban J connectivity index is 2.08. The summed E-state index contributed by atoms with van der Waals surface area (Å²) < 4.78 is 5.48. The van der Waals surface area contributed by atoms with Gasteiger partial charge < -0.3 is 20.7 Å². The van der Waals surface area contributed by atoms with Crippen LogP contribution in [0.15, 0.2) is 33.8 Å². The standard InChI is InChI=1S/C14H17N3O3/c1-8-3-4-11-10(5-8)6-12(20-11)14(18)16-7-9(2)13(15)17-19/h3-6,9,19H,7H2,1-2H3,(H2,15,17)(H,16,18). The average Bonchev–Trinajstić information content (AvgIpc) is 2.86. The lowest BCUT2D eigenvalue weighted by atomic mass is 10.1. The molecule has 1 unspecified atom stereocenters. The lowest BCUT2D eigenvalue weighted by Crippen LogP contribution is -2.34. The van der Waals surface area contributed by atoms with Crippen LogP contribution < -0.4 is 11.1 Å². The van der Waals surface area contributed by atoms with Crippen LogP contribution in [0.2, 0.25) is 0 Å². The number of nitrogens with zero attached hydrogens (tertiary/aromatic N) is 1. The maximum Gasteiger partial charge on any atom is 0.287 e. The molecule has 1 heterocycles. The molecule has 1 amide bonds. The van der Waals surface area contributed by atoms with Crippen LogP contribution in [0, 0.1) is 12.8 Å². The molecular weight excluding hydrogens is 258 g/mol. The fourth-order valence-corrected chi connectivity index (χ4v) is 1.81. The van der Waals surface area contributed by atoms with Crippen LogP contribution in [-0.4, -0.2) is 23.5 Å². The molecule has 2 rings (SSSR count). The molecule has 0 aliphatic rings. The van der Waals surface area contributed by atoms with Gasteiger partial charge in [-0.05, 0) is 25.1 Å². The van der Waals surface area contributed by atoms with Crippen LogP contribution >= 0.6 is 0 Å². The van der Waals surface area contributed by atoms with Crippen LogP contribution in [-0.2, 0) is 0 Å². The molecule has 0 radical (unpaired) electrons. The summed E-state index contributed by atoms with van der Waals surface area (Å²) in [5, 5.41) is 15.0. The molecule has 0 aliphatic heterocycles. The predicted octanol–water partition coefficient (Wildman–Crippen LogP) is 1.85. The molecule has 1 aromatic carbocycles. The molecule has 106 valence electrons. The number of hydrogen-bond acceptors (Lipinski definition) is 4. The van der Waals surface area contributed by atoms with Gasteiger partial charge in [0.05, 0.1) is 0 Å². The molecule has 4 N–H and O–H groups in total. The van der Waals surface area contributed by atoms with E-state index >= 15 is 0 Å². The lowest BCUT2D eigenvalue weighted by molar-refractivity contribution is 0.0925. The van der Waals surface area contributed by atoms with Gasteiger partial charge >= 0.3 is 0 Å². The van der Waals surface area contributed by atoms with E-state index in [9.17, 15) is 4.79 Å². The zero-order chi connectivity index (χ0) is 14.7. The van der Waals surface area contributed by atoms with Gasteiger partial charge in [0.1, 0.15) is 11.4 Å². The minimum absolute atomic E-state index is 0.0746. The Bertz CT molecular complexity index is 661. The van der Waals surface area contributed by atoms with E-state index in [0.717, 1.165) is 10.9 Å². The maximum absolute atomic E-state index is 12.0. The summed E-state index contributed by atoms with van der Waals surface area (Å²) in [7, 11) is 0. The van der Waals surface area contributed by atoms with Crippen molar-refractivity contribution in [3.8, 4) is 0 Å². The van der Waals surface area contributed by atoms with E-state index in [-0.39, 0.29) is 30.0 Å². The van der Waals surface area contributed by atoms with Crippen molar-refractivity contribution in [2.24, 2.45) is 16.8 Å². The van der Waals surface area contributed by atoms with Crippen molar-refractivity contribution in [1.82, 2.24) is 5.32 Å². The summed E-state index contributed by atoms with van der Waals surface area (Å²) in [6, 6.07) is 7.41. The molecule has 0 aliphatic carbocycles. The van der Waals surface area contributed by atoms with Gasteiger partial charge in [0, 0.05) is 17.8 Å². The van der Waals surface area contributed by atoms with Crippen LogP contribution in [0.5, 0.6) is 0 Å². The Morgan fingerprint density at radius 3 is 2.95 bits per heavy atom. The molecule has 0 saturated heterocycles. The van der Waals surface area contributed by atoms with Gasteiger partial charge in [-0.25, -0.2) is 0 Å². The molecule has 1 aromatic heterocycles. The Morgan fingerprint density at radius 2 is 2.25 bits per heavy atom. The summed E-state index contributed by atoms with van der Waals surface area (Å²) in [5.74, 6) is -0.255. The van der Waals surface area contributed by atoms with E-state index in [1.165, 1.54) is 0 Å². The van der Waals surface area contributed by atoms with E-state index in [4.69, 9.17) is 15.4 Å². The largest absolute Gasteiger partial charge is 0.451 e. The Morgan fingerprint density at radius 1 is 1.50 bits per heavy atom. The van der Waals surface area contributed by atoms with Crippen molar-refractivity contribution in [1.29, 1.82) is 0 Å². The number of nitrogens with two attached hydrogens (primary N) is 1. The SMILES string of the molecule is Cc1ccc2oc(C(=O)NCC(C)C(N)=NO)cc2c1. The van der Waals surface area contributed by atoms with Gasteiger partial charge in [-0.1, -0.05) is 23.7 Å². The first-order valence-electron chi connectivity index (χ1n) is 6.27. The van der Waals surface area contributed by atoms with Crippen molar-refractivity contribution in [3.63, 3.8) is 0 Å². The van der Waals surface area contributed by atoms with Gasteiger partial charge in [0.15, 0.2) is 5.76 Å². The summed E-state index contributed by atoms with van der Waals surface area (Å²) >= 11 is 0. The van der Waals surface area contributed by atoms with Gasteiger partial charge in [0.25, 0.3) is 5.91 Å². The van der Waals surface area contributed by atoms with Crippen molar-refractivity contribution in [3.05, 3.63) is 35.6 Å². The number of furan rings is 1. The van der Waals surface area contributed by atoms with E-state index < -0.39 is 0 Å². The number of rotatable bonds is 4. The van der Waals surface area contributed by atoms with E-state index in [2.05, 4.69) is 10.5 Å². The Hall–Kier alpha value is -2.50. The second kappa shape index (κ2) is 5.64. The molecule has 6 nitrogen and oxygen atoms in total. The summed E-state index contributed by atoms with van der Waals surface area (Å²) in [5.41, 5.74) is 7.22. The monoisotopic (exact) mass is 275 g/mol. The minimum Gasteiger partial charge on any atom is -0.451 e. The quantitative estimate of drug-likeness (QED) is 0.343. The first kappa shape index (κ1) is 13.9. The van der Waals surface area contributed by atoms with Crippen molar-refractivity contribution < 1.29 is 14.4 Å². The fourth-order valence-electron chi connectivity index (χ4n) is 1.81. The maximum atomic E-state index is 12.0. The Labute approximate surface area is 116 Å². The third-order valence-corrected chi connectivity index (χ3v) is 3.08. The highest BCUT2D eigenvalue weighted by Crippen LogP contribution is 2.20. The summed E-state index contributed by atoms with van der Waals surface area (Å²) in [6.07, 6.45) is 0. The molecular formula is C14H17N3O3. The van der Waals surface area contributed by atoms with E-state index in [1.807, 2.05) is 25.1 Å².